The first-order valence-electron chi connectivity index (χ1n) is 13.8. The third-order valence-corrected chi connectivity index (χ3v) is 8.18. The van der Waals surface area contributed by atoms with Gasteiger partial charge in [0.1, 0.15) is 19.0 Å². The highest BCUT2D eigenvalue weighted by Gasteiger charge is 2.28. The Labute approximate surface area is 218 Å². The highest BCUT2D eigenvalue weighted by atomic mass is 16.6. The Bertz CT molecular complexity index is 1250. The molecule has 7 nitrogen and oxygen atoms in total. The first kappa shape index (κ1) is 24.2. The van der Waals surface area contributed by atoms with Gasteiger partial charge in [-0.1, -0.05) is 6.07 Å². The predicted molar refractivity (Wildman–Crippen MR) is 144 cm³/mol. The molecule has 7 heteroatoms. The van der Waals surface area contributed by atoms with Crippen LogP contribution in [0.1, 0.15) is 55.4 Å². The molecule has 0 unspecified atom stereocenters. The van der Waals surface area contributed by atoms with Gasteiger partial charge in [-0.25, -0.2) is 0 Å². The number of rotatable bonds is 7. The van der Waals surface area contributed by atoms with Crippen molar-refractivity contribution in [1.82, 2.24) is 14.4 Å². The highest BCUT2D eigenvalue weighted by Crippen LogP contribution is 2.36. The molecule has 3 aliphatic rings. The number of likely N-dealkylation sites (tertiary alicyclic amines) is 2. The van der Waals surface area contributed by atoms with Gasteiger partial charge in [0.15, 0.2) is 11.5 Å². The van der Waals surface area contributed by atoms with E-state index in [9.17, 15) is 4.79 Å². The van der Waals surface area contributed by atoms with Gasteiger partial charge in [0.25, 0.3) is 5.91 Å². The number of nitrogens with zero attached hydrogens (tertiary/aromatic N) is 3. The Morgan fingerprint density at radius 3 is 2.73 bits per heavy atom. The third-order valence-electron chi connectivity index (χ3n) is 8.18. The lowest BCUT2D eigenvalue weighted by Gasteiger charge is -2.34. The maximum atomic E-state index is 13.3. The van der Waals surface area contributed by atoms with E-state index in [-0.39, 0.29) is 5.91 Å². The molecule has 0 spiro atoms. The van der Waals surface area contributed by atoms with Gasteiger partial charge in [-0.15, -0.1) is 0 Å². The zero-order valence-electron chi connectivity index (χ0n) is 21.7. The number of para-hydroxylation sites is 1. The first-order valence-corrected chi connectivity index (χ1v) is 13.8. The summed E-state index contributed by atoms with van der Waals surface area (Å²) >= 11 is 0. The van der Waals surface area contributed by atoms with Crippen molar-refractivity contribution in [3.8, 4) is 17.2 Å². The van der Waals surface area contributed by atoms with Crippen LogP contribution in [0, 0.1) is 0 Å². The first-order chi connectivity index (χ1) is 18.2. The van der Waals surface area contributed by atoms with Crippen molar-refractivity contribution in [3.63, 3.8) is 0 Å². The van der Waals surface area contributed by atoms with Gasteiger partial charge in [0.05, 0.1) is 12.2 Å². The van der Waals surface area contributed by atoms with Crippen LogP contribution < -0.4 is 14.2 Å². The van der Waals surface area contributed by atoms with E-state index in [1.165, 1.54) is 30.3 Å². The van der Waals surface area contributed by atoms with Gasteiger partial charge in [-0.2, -0.15) is 0 Å². The topological polar surface area (TPSA) is 56.2 Å². The number of ether oxygens (including phenoxy) is 3. The Morgan fingerprint density at radius 1 is 1.03 bits per heavy atom. The summed E-state index contributed by atoms with van der Waals surface area (Å²) in [5, 5.41) is 1.21. The second-order valence-corrected chi connectivity index (χ2v) is 10.5. The van der Waals surface area contributed by atoms with Crippen LogP contribution in [0.25, 0.3) is 10.9 Å². The number of hydrogen-bond acceptors (Lipinski definition) is 5. The lowest BCUT2D eigenvalue weighted by molar-refractivity contribution is 0.0686. The molecule has 1 amide bonds. The van der Waals surface area contributed by atoms with Crippen molar-refractivity contribution >= 4 is 16.8 Å². The van der Waals surface area contributed by atoms with E-state index in [0.717, 1.165) is 51.3 Å². The maximum absolute atomic E-state index is 13.3. The minimum absolute atomic E-state index is 0.0270. The number of benzene rings is 2. The summed E-state index contributed by atoms with van der Waals surface area (Å²) in [7, 11) is 0. The van der Waals surface area contributed by atoms with E-state index in [1.54, 1.807) is 0 Å². The van der Waals surface area contributed by atoms with Gasteiger partial charge in [0, 0.05) is 48.8 Å². The lowest BCUT2D eigenvalue weighted by Crippen LogP contribution is -2.39. The zero-order valence-corrected chi connectivity index (χ0v) is 21.7. The number of fused-ring (bicyclic) bond motifs is 2. The number of carbonyl (C=O) groups is 1. The lowest BCUT2D eigenvalue weighted by atomic mass is 10.0. The summed E-state index contributed by atoms with van der Waals surface area (Å²) in [6.07, 6.45) is 7.74. The molecule has 0 saturated carbocycles. The van der Waals surface area contributed by atoms with Gasteiger partial charge in [-0.3, -0.25) is 4.79 Å². The molecule has 3 aromatic rings. The predicted octanol–water partition coefficient (Wildman–Crippen LogP) is 5.14. The Kier molecular flexibility index (Phi) is 6.96. The van der Waals surface area contributed by atoms with Crippen LogP contribution in [0.3, 0.4) is 0 Å². The molecule has 2 aromatic carbocycles. The summed E-state index contributed by atoms with van der Waals surface area (Å²) in [5.41, 5.74) is 1.83. The molecule has 0 aliphatic carbocycles. The molecule has 196 valence electrons. The van der Waals surface area contributed by atoms with E-state index in [1.807, 2.05) is 23.1 Å². The van der Waals surface area contributed by atoms with Crippen molar-refractivity contribution in [3.05, 3.63) is 54.2 Å². The zero-order chi connectivity index (χ0) is 25.2. The molecule has 0 N–H and O–H groups in total. The van der Waals surface area contributed by atoms with E-state index >= 15 is 0 Å². The summed E-state index contributed by atoms with van der Waals surface area (Å²) in [6, 6.07) is 15.3. The molecule has 3 aliphatic heterocycles. The standard InChI is InChI=1S/C30H37N3O4/c1-22-5-3-13-31(22)14-4-18-35-25-8-9-27-23(21-25)10-17-33(27)24-11-15-32(16-12-24)30(34)26-6-2-7-28-29(26)37-20-19-36-28/h2,6-10,17,21-22,24H,3-5,11-16,18-20H2,1H3/t22-/m1/s1. The van der Waals surface area contributed by atoms with Crippen LogP contribution in [-0.2, 0) is 0 Å². The van der Waals surface area contributed by atoms with Crippen molar-refractivity contribution in [1.29, 1.82) is 0 Å². The molecule has 2 fully saturated rings. The van der Waals surface area contributed by atoms with Crippen LogP contribution in [0.5, 0.6) is 17.2 Å². The average molecular weight is 504 g/mol. The van der Waals surface area contributed by atoms with Gasteiger partial charge in [0.2, 0.25) is 0 Å². The molecule has 4 heterocycles. The smallest absolute Gasteiger partial charge is 0.257 e. The number of carbonyl (C=O) groups excluding carboxylic acids is 1. The van der Waals surface area contributed by atoms with E-state index in [4.69, 9.17) is 14.2 Å². The largest absolute Gasteiger partial charge is 0.494 e. The minimum atomic E-state index is 0.0270. The van der Waals surface area contributed by atoms with Crippen LogP contribution >= 0.6 is 0 Å². The minimum Gasteiger partial charge on any atom is -0.494 e. The van der Waals surface area contributed by atoms with Crippen LogP contribution in [-0.4, -0.2) is 72.3 Å². The van der Waals surface area contributed by atoms with Crippen LogP contribution in [0.4, 0.5) is 0 Å². The van der Waals surface area contributed by atoms with Crippen molar-refractivity contribution < 1.29 is 19.0 Å². The SMILES string of the molecule is C[C@@H]1CCCN1CCCOc1ccc2c(ccn2C2CCN(C(=O)c3cccc4c3OCCO4)CC2)c1. The monoisotopic (exact) mass is 503 g/mol. The second-order valence-electron chi connectivity index (χ2n) is 10.5. The number of amides is 1. The Morgan fingerprint density at radius 2 is 1.89 bits per heavy atom. The average Bonchev–Trinajstić information content (AvgIpc) is 3.56. The van der Waals surface area contributed by atoms with E-state index in [2.05, 4.69) is 46.9 Å². The van der Waals surface area contributed by atoms with Crippen molar-refractivity contribution in [2.75, 3.05) is 46.0 Å². The maximum Gasteiger partial charge on any atom is 0.257 e. The molecule has 1 aromatic heterocycles. The molecular weight excluding hydrogens is 466 g/mol. The summed E-state index contributed by atoms with van der Waals surface area (Å²) in [6.45, 7) is 7.88. The van der Waals surface area contributed by atoms with Crippen LogP contribution in [0.15, 0.2) is 48.7 Å². The second kappa shape index (κ2) is 10.7. The normalized spacial score (nSPS) is 20.5. The van der Waals surface area contributed by atoms with Gasteiger partial charge < -0.3 is 28.6 Å². The van der Waals surface area contributed by atoms with Gasteiger partial charge in [-0.05, 0) is 82.0 Å². The highest BCUT2D eigenvalue weighted by molar-refractivity contribution is 5.98. The summed E-state index contributed by atoms with van der Waals surface area (Å²) in [5.74, 6) is 2.22. The van der Waals surface area contributed by atoms with E-state index < -0.39 is 0 Å². The molecule has 0 bridgehead atoms. The fourth-order valence-electron chi connectivity index (χ4n) is 6.09. The van der Waals surface area contributed by atoms with E-state index in [0.29, 0.717) is 42.4 Å². The number of hydrogen-bond donors (Lipinski definition) is 0. The molecule has 1 atom stereocenters. The molecule has 0 radical (unpaired) electrons. The summed E-state index contributed by atoms with van der Waals surface area (Å²) in [4.78, 5) is 17.8. The Balaban J connectivity index is 1.05. The molecule has 2 saturated heterocycles. The molecular formula is C30H37N3O4. The summed E-state index contributed by atoms with van der Waals surface area (Å²) < 4.78 is 19.9. The van der Waals surface area contributed by atoms with Crippen molar-refractivity contribution in [2.24, 2.45) is 0 Å². The molecule has 37 heavy (non-hydrogen) atoms. The number of piperidine rings is 1. The quantitative estimate of drug-likeness (QED) is 0.418. The fourth-order valence-corrected chi connectivity index (χ4v) is 6.09. The van der Waals surface area contributed by atoms with Crippen LogP contribution in [0.2, 0.25) is 0 Å². The van der Waals surface area contributed by atoms with Crippen molar-refractivity contribution in [2.45, 2.75) is 51.1 Å². The fraction of sp³-hybridized carbons (Fsp3) is 0.500. The Hall–Kier alpha value is -3.19. The number of aromatic nitrogens is 1. The molecule has 6 rings (SSSR count). The third kappa shape index (κ3) is 5.01. The van der Waals surface area contributed by atoms with Gasteiger partial charge >= 0.3 is 0 Å².